The molecule has 0 spiro atoms. The minimum absolute atomic E-state index is 0.0270. The van der Waals surface area contributed by atoms with Crippen LogP contribution in [0.3, 0.4) is 0 Å². The van der Waals surface area contributed by atoms with Crippen LogP contribution in [-0.2, 0) is 13.0 Å². The molecule has 0 saturated heterocycles. The van der Waals surface area contributed by atoms with Gasteiger partial charge in [0.2, 0.25) is 0 Å². The van der Waals surface area contributed by atoms with E-state index >= 15 is 0 Å². The van der Waals surface area contributed by atoms with Crippen molar-refractivity contribution in [1.82, 2.24) is 19.8 Å². The van der Waals surface area contributed by atoms with Crippen LogP contribution in [0.5, 0.6) is 0 Å². The van der Waals surface area contributed by atoms with Gasteiger partial charge in [0.1, 0.15) is 5.82 Å². The van der Waals surface area contributed by atoms with Gasteiger partial charge in [-0.15, -0.1) is 0 Å². The minimum Gasteiger partial charge on any atom is -0.350 e. The van der Waals surface area contributed by atoms with Crippen molar-refractivity contribution in [2.45, 2.75) is 25.4 Å². The Hall–Kier alpha value is -2.70. The second kappa shape index (κ2) is 7.97. The van der Waals surface area contributed by atoms with Gasteiger partial charge in [-0.2, -0.15) is 0 Å². The van der Waals surface area contributed by atoms with E-state index in [1.54, 1.807) is 22.8 Å². The van der Waals surface area contributed by atoms with Crippen LogP contribution in [0.4, 0.5) is 0 Å². The van der Waals surface area contributed by atoms with Crippen molar-refractivity contribution in [3.05, 3.63) is 74.8 Å². The number of likely N-dealkylation sites (N-methyl/N-ethyl adjacent to an activating group) is 1. The van der Waals surface area contributed by atoms with Crippen LogP contribution in [-0.4, -0.2) is 41.0 Å². The summed E-state index contributed by atoms with van der Waals surface area (Å²) in [5.41, 5.74) is 2.00. The van der Waals surface area contributed by atoms with Crippen molar-refractivity contribution in [2.24, 2.45) is 0 Å². The molecule has 2 aromatic carbocycles. The number of benzene rings is 2. The second-order valence-electron chi connectivity index (χ2n) is 7.53. The lowest BCUT2D eigenvalue weighted by molar-refractivity contribution is 0.0942. The first-order valence-electron chi connectivity index (χ1n) is 9.68. The van der Waals surface area contributed by atoms with E-state index in [1.807, 2.05) is 43.3 Å². The number of rotatable bonds is 5. The van der Waals surface area contributed by atoms with Crippen LogP contribution in [0.15, 0.2) is 47.3 Å². The van der Waals surface area contributed by atoms with Gasteiger partial charge >= 0.3 is 0 Å². The summed E-state index contributed by atoms with van der Waals surface area (Å²) >= 11 is 6.34. The highest BCUT2D eigenvalue weighted by molar-refractivity contribution is 6.31. The van der Waals surface area contributed by atoms with E-state index in [4.69, 9.17) is 11.6 Å². The Morgan fingerprint density at radius 2 is 2.07 bits per heavy atom. The zero-order chi connectivity index (χ0) is 20.5. The van der Waals surface area contributed by atoms with Crippen molar-refractivity contribution in [2.75, 3.05) is 20.6 Å². The predicted molar refractivity (Wildman–Crippen MR) is 115 cm³/mol. The molecular weight excluding hydrogens is 388 g/mol. The average molecular weight is 411 g/mol. The number of nitrogens with one attached hydrogen (secondary N) is 1. The van der Waals surface area contributed by atoms with Crippen molar-refractivity contribution in [1.29, 1.82) is 0 Å². The summed E-state index contributed by atoms with van der Waals surface area (Å²) in [5, 5.41) is 4.21. The lowest BCUT2D eigenvalue weighted by atomic mass is 10.1. The molecule has 6 nitrogen and oxygen atoms in total. The van der Waals surface area contributed by atoms with Crippen LogP contribution >= 0.6 is 11.6 Å². The summed E-state index contributed by atoms with van der Waals surface area (Å²) in [5.74, 6) is 0.597. The number of hydrogen-bond acceptors (Lipinski definition) is 4. The van der Waals surface area contributed by atoms with Crippen molar-refractivity contribution in [3.63, 3.8) is 0 Å². The molecule has 1 amide bonds. The van der Waals surface area contributed by atoms with E-state index in [0.717, 1.165) is 24.2 Å². The molecule has 4 rings (SSSR count). The summed E-state index contributed by atoms with van der Waals surface area (Å²) < 4.78 is 1.73. The smallest absolute Gasteiger partial charge is 0.261 e. The predicted octanol–water partition coefficient (Wildman–Crippen LogP) is 3.03. The van der Waals surface area contributed by atoms with Crippen LogP contribution in [0.1, 0.15) is 34.2 Å². The summed E-state index contributed by atoms with van der Waals surface area (Å²) in [7, 11) is 3.90. The Bertz CT molecular complexity index is 1140. The van der Waals surface area contributed by atoms with E-state index in [9.17, 15) is 9.59 Å². The first-order valence-corrected chi connectivity index (χ1v) is 10.1. The Morgan fingerprint density at radius 1 is 1.28 bits per heavy atom. The normalized spacial score (nSPS) is 14.2. The first-order chi connectivity index (χ1) is 14.0. The SMILES string of the molecule is CN(C)C(CNC(=O)c1ccc2c(=O)n3c(nc2c1)CCC3)c1ccccc1Cl. The molecule has 1 aliphatic heterocycles. The Morgan fingerprint density at radius 3 is 2.83 bits per heavy atom. The van der Waals surface area contributed by atoms with Gasteiger partial charge in [0.15, 0.2) is 0 Å². The molecule has 0 saturated carbocycles. The summed E-state index contributed by atoms with van der Waals surface area (Å²) in [6.45, 7) is 1.13. The van der Waals surface area contributed by atoms with Crippen LogP contribution in [0, 0.1) is 0 Å². The summed E-state index contributed by atoms with van der Waals surface area (Å²) in [6.07, 6.45) is 1.73. The van der Waals surface area contributed by atoms with Gasteiger partial charge in [-0.05, 0) is 50.3 Å². The third-order valence-corrected chi connectivity index (χ3v) is 5.77. The Labute approximate surface area is 174 Å². The average Bonchev–Trinajstić information content (AvgIpc) is 3.17. The van der Waals surface area contributed by atoms with E-state index in [2.05, 4.69) is 10.3 Å². The highest BCUT2D eigenvalue weighted by Gasteiger charge is 2.20. The zero-order valence-electron chi connectivity index (χ0n) is 16.5. The fraction of sp³-hybridized carbons (Fsp3) is 0.318. The molecule has 0 radical (unpaired) electrons. The first kappa shape index (κ1) is 19.6. The quantitative estimate of drug-likeness (QED) is 0.702. The van der Waals surface area contributed by atoms with Gasteiger partial charge in [-0.25, -0.2) is 4.98 Å². The monoisotopic (exact) mass is 410 g/mol. The highest BCUT2D eigenvalue weighted by Crippen LogP contribution is 2.25. The maximum Gasteiger partial charge on any atom is 0.261 e. The molecule has 1 aliphatic rings. The molecule has 0 bridgehead atoms. The molecule has 1 aromatic heterocycles. The maximum absolute atomic E-state index is 12.8. The molecule has 1 atom stereocenters. The number of aryl methyl sites for hydroxylation is 1. The molecule has 0 aliphatic carbocycles. The third kappa shape index (κ3) is 3.78. The Kier molecular flexibility index (Phi) is 5.39. The van der Waals surface area contributed by atoms with Crippen molar-refractivity contribution >= 4 is 28.4 Å². The van der Waals surface area contributed by atoms with Gasteiger partial charge in [0.25, 0.3) is 11.5 Å². The maximum atomic E-state index is 12.8. The number of carbonyl (C=O) groups is 1. The number of amides is 1. The highest BCUT2D eigenvalue weighted by atomic mass is 35.5. The van der Waals surface area contributed by atoms with Crippen LogP contribution in [0.2, 0.25) is 5.02 Å². The van der Waals surface area contributed by atoms with Gasteiger partial charge in [-0.1, -0.05) is 29.8 Å². The number of halogens is 1. The summed E-state index contributed by atoms with van der Waals surface area (Å²) in [6, 6.07) is 12.7. The third-order valence-electron chi connectivity index (χ3n) is 5.42. The number of nitrogens with zero attached hydrogens (tertiary/aromatic N) is 3. The molecule has 0 fully saturated rings. The number of hydrogen-bond donors (Lipinski definition) is 1. The van der Waals surface area contributed by atoms with E-state index in [-0.39, 0.29) is 17.5 Å². The second-order valence-corrected chi connectivity index (χ2v) is 7.94. The van der Waals surface area contributed by atoms with Crippen LogP contribution in [0.25, 0.3) is 10.9 Å². The molecular formula is C22H23ClN4O2. The standard InChI is InChI=1S/C22H23ClN4O2/c1-26(2)19(15-6-3-4-7-17(15)23)13-24-21(28)14-9-10-16-18(12-14)25-20-8-5-11-27(20)22(16)29/h3-4,6-7,9-10,12,19H,5,8,11,13H2,1-2H3,(H,24,28). The van der Waals surface area contributed by atoms with Gasteiger partial charge < -0.3 is 10.2 Å². The zero-order valence-corrected chi connectivity index (χ0v) is 17.2. The number of fused-ring (bicyclic) bond motifs is 2. The fourth-order valence-corrected chi connectivity index (χ4v) is 4.09. The largest absolute Gasteiger partial charge is 0.350 e. The minimum atomic E-state index is -0.201. The van der Waals surface area contributed by atoms with E-state index < -0.39 is 0 Å². The lowest BCUT2D eigenvalue weighted by Gasteiger charge is -2.26. The molecule has 7 heteroatoms. The molecule has 3 aromatic rings. The molecule has 1 N–H and O–H groups in total. The molecule has 1 unspecified atom stereocenters. The van der Waals surface area contributed by atoms with Crippen molar-refractivity contribution < 1.29 is 4.79 Å². The molecule has 29 heavy (non-hydrogen) atoms. The fourth-order valence-electron chi connectivity index (χ4n) is 3.83. The number of aromatic nitrogens is 2. The van der Waals surface area contributed by atoms with E-state index in [0.29, 0.717) is 34.6 Å². The molecule has 2 heterocycles. The topological polar surface area (TPSA) is 67.2 Å². The number of carbonyl (C=O) groups excluding carboxylic acids is 1. The molecule has 150 valence electrons. The van der Waals surface area contributed by atoms with E-state index in [1.165, 1.54) is 0 Å². The van der Waals surface area contributed by atoms with Crippen LogP contribution < -0.4 is 10.9 Å². The lowest BCUT2D eigenvalue weighted by Crippen LogP contribution is -2.34. The Balaban J connectivity index is 1.56. The van der Waals surface area contributed by atoms with Gasteiger partial charge in [-0.3, -0.25) is 14.2 Å². The van der Waals surface area contributed by atoms with Crippen molar-refractivity contribution in [3.8, 4) is 0 Å². The summed E-state index contributed by atoms with van der Waals surface area (Å²) in [4.78, 5) is 32.0. The van der Waals surface area contributed by atoms with Gasteiger partial charge in [0.05, 0.1) is 16.9 Å². The van der Waals surface area contributed by atoms with Gasteiger partial charge in [0, 0.05) is 30.1 Å².